The highest BCUT2D eigenvalue weighted by atomic mass is 16.2. The van der Waals surface area contributed by atoms with Gasteiger partial charge in [-0.15, -0.1) is 0 Å². The Bertz CT molecular complexity index is 275. The SMILES string of the molecule is CCCCC(C)(CCC)C1CC(=O)NC1=O. The molecule has 0 bridgehead atoms. The van der Waals surface area contributed by atoms with E-state index in [0.29, 0.717) is 6.42 Å². The molecule has 0 aliphatic carbocycles. The molecule has 0 saturated carbocycles. The predicted octanol–water partition coefficient (Wildman–Crippen LogP) is 2.65. The summed E-state index contributed by atoms with van der Waals surface area (Å²) in [5.74, 6) is -0.266. The molecule has 1 aliphatic rings. The lowest BCUT2D eigenvalue weighted by Gasteiger charge is -2.33. The molecule has 0 radical (unpaired) electrons. The fourth-order valence-electron chi connectivity index (χ4n) is 2.74. The first-order chi connectivity index (χ1) is 7.53. The van der Waals surface area contributed by atoms with Crippen LogP contribution in [0.4, 0.5) is 0 Å². The first-order valence-electron chi connectivity index (χ1n) is 6.37. The molecule has 0 aromatic carbocycles. The Morgan fingerprint density at radius 2 is 1.94 bits per heavy atom. The van der Waals surface area contributed by atoms with Crippen molar-refractivity contribution in [2.75, 3.05) is 0 Å². The number of hydrogen-bond acceptors (Lipinski definition) is 2. The molecular weight excluding hydrogens is 202 g/mol. The smallest absolute Gasteiger partial charge is 0.230 e. The first-order valence-corrected chi connectivity index (χ1v) is 6.37. The predicted molar refractivity (Wildman–Crippen MR) is 63.8 cm³/mol. The zero-order valence-corrected chi connectivity index (χ0v) is 10.6. The highest BCUT2D eigenvalue weighted by Crippen LogP contribution is 2.41. The Morgan fingerprint density at radius 3 is 2.38 bits per heavy atom. The molecule has 1 rings (SSSR count). The van der Waals surface area contributed by atoms with Crippen LogP contribution < -0.4 is 5.32 Å². The van der Waals surface area contributed by atoms with Crippen molar-refractivity contribution in [2.24, 2.45) is 11.3 Å². The normalized spacial score (nSPS) is 24.3. The van der Waals surface area contributed by atoms with Crippen LogP contribution in [0.2, 0.25) is 0 Å². The van der Waals surface area contributed by atoms with Crippen molar-refractivity contribution in [3.8, 4) is 0 Å². The van der Waals surface area contributed by atoms with E-state index < -0.39 is 0 Å². The van der Waals surface area contributed by atoms with Gasteiger partial charge in [0.1, 0.15) is 0 Å². The molecule has 1 aliphatic heterocycles. The maximum absolute atomic E-state index is 11.7. The standard InChI is InChI=1S/C13H23NO2/c1-4-6-8-13(3,7-5-2)10-9-11(15)14-12(10)16/h10H,4-9H2,1-3H3,(H,14,15,16). The van der Waals surface area contributed by atoms with E-state index in [9.17, 15) is 9.59 Å². The Balaban J connectivity index is 2.75. The summed E-state index contributed by atoms with van der Waals surface area (Å²) in [4.78, 5) is 23.0. The topological polar surface area (TPSA) is 46.2 Å². The fraction of sp³-hybridized carbons (Fsp3) is 0.846. The van der Waals surface area contributed by atoms with Gasteiger partial charge in [0.25, 0.3) is 0 Å². The van der Waals surface area contributed by atoms with Gasteiger partial charge in [0.05, 0.1) is 5.92 Å². The van der Waals surface area contributed by atoms with Crippen LogP contribution in [-0.2, 0) is 9.59 Å². The van der Waals surface area contributed by atoms with Gasteiger partial charge in [-0.25, -0.2) is 0 Å². The number of unbranched alkanes of at least 4 members (excludes halogenated alkanes) is 1. The molecule has 0 aromatic rings. The van der Waals surface area contributed by atoms with Gasteiger partial charge in [-0.1, -0.05) is 40.0 Å². The van der Waals surface area contributed by atoms with Gasteiger partial charge in [0.15, 0.2) is 0 Å². The van der Waals surface area contributed by atoms with E-state index in [1.165, 1.54) is 0 Å². The lowest BCUT2D eigenvalue weighted by Crippen LogP contribution is -2.33. The first kappa shape index (κ1) is 13.2. The van der Waals surface area contributed by atoms with Gasteiger partial charge in [-0.3, -0.25) is 14.9 Å². The Labute approximate surface area is 98.0 Å². The molecule has 1 saturated heterocycles. The van der Waals surface area contributed by atoms with Gasteiger partial charge in [-0.2, -0.15) is 0 Å². The van der Waals surface area contributed by atoms with Crippen LogP contribution in [0.3, 0.4) is 0 Å². The van der Waals surface area contributed by atoms with Gasteiger partial charge in [0.2, 0.25) is 11.8 Å². The van der Waals surface area contributed by atoms with Crippen molar-refractivity contribution in [3.63, 3.8) is 0 Å². The number of rotatable bonds is 6. The number of hydrogen-bond donors (Lipinski definition) is 1. The summed E-state index contributed by atoms with van der Waals surface area (Å²) in [5.41, 5.74) is 0.000995. The molecule has 2 unspecified atom stereocenters. The van der Waals surface area contributed by atoms with Crippen LogP contribution in [0.15, 0.2) is 0 Å². The molecule has 1 N–H and O–H groups in total. The van der Waals surface area contributed by atoms with Crippen LogP contribution >= 0.6 is 0 Å². The fourth-order valence-corrected chi connectivity index (χ4v) is 2.74. The lowest BCUT2D eigenvalue weighted by atomic mass is 9.70. The maximum Gasteiger partial charge on any atom is 0.230 e. The van der Waals surface area contributed by atoms with Crippen LogP contribution in [0.1, 0.15) is 59.3 Å². The second-order valence-electron chi connectivity index (χ2n) is 5.18. The molecule has 0 aromatic heterocycles. The van der Waals surface area contributed by atoms with Crippen molar-refractivity contribution < 1.29 is 9.59 Å². The zero-order valence-electron chi connectivity index (χ0n) is 10.6. The van der Waals surface area contributed by atoms with E-state index in [4.69, 9.17) is 0 Å². The molecule has 2 amide bonds. The van der Waals surface area contributed by atoms with Gasteiger partial charge < -0.3 is 0 Å². The lowest BCUT2D eigenvalue weighted by molar-refractivity contribution is -0.127. The number of carbonyl (C=O) groups is 2. The van der Waals surface area contributed by atoms with Crippen molar-refractivity contribution in [1.29, 1.82) is 0 Å². The molecule has 1 fully saturated rings. The zero-order chi connectivity index (χ0) is 12.2. The number of imide groups is 1. The Hall–Kier alpha value is -0.860. The quantitative estimate of drug-likeness (QED) is 0.706. The van der Waals surface area contributed by atoms with E-state index in [1.807, 2.05) is 0 Å². The van der Waals surface area contributed by atoms with E-state index >= 15 is 0 Å². The molecule has 92 valence electrons. The number of amides is 2. The summed E-state index contributed by atoms with van der Waals surface area (Å²) < 4.78 is 0. The minimum atomic E-state index is -0.105. The summed E-state index contributed by atoms with van der Waals surface area (Å²) >= 11 is 0. The van der Waals surface area contributed by atoms with Crippen LogP contribution in [0, 0.1) is 11.3 Å². The molecule has 0 spiro atoms. The van der Waals surface area contributed by atoms with Crippen molar-refractivity contribution in [1.82, 2.24) is 5.32 Å². The van der Waals surface area contributed by atoms with E-state index in [-0.39, 0.29) is 23.1 Å². The molecule has 2 atom stereocenters. The number of carbonyl (C=O) groups excluding carboxylic acids is 2. The molecular formula is C13H23NO2. The van der Waals surface area contributed by atoms with Crippen molar-refractivity contribution in [2.45, 2.75) is 59.3 Å². The van der Waals surface area contributed by atoms with Crippen LogP contribution in [0.25, 0.3) is 0 Å². The monoisotopic (exact) mass is 225 g/mol. The molecule has 16 heavy (non-hydrogen) atoms. The van der Waals surface area contributed by atoms with E-state index in [0.717, 1.165) is 32.1 Å². The highest BCUT2D eigenvalue weighted by molar-refractivity contribution is 6.03. The molecule has 3 heteroatoms. The Morgan fingerprint density at radius 1 is 1.25 bits per heavy atom. The minimum Gasteiger partial charge on any atom is -0.296 e. The molecule has 3 nitrogen and oxygen atoms in total. The second-order valence-corrected chi connectivity index (χ2v) is 5.18. The van der Waals surface area contributed by atoms with Gasteiger partial charge in [0, 0.05) is 6.42 Å². The second kappa shape index (κ2) is 5.46. The van der Waals surface area contributed by atoms with Gasteiger partial charge in [-0.05, 0) is 18.3 Å². The third-order valence-electron chi connectivity index (χ3n) is 3.73. The third-order valence-corrected chi connectivity index (χ3v) is 3.73. The number of nitrogens with one attached hydrogen (secondary N) is 1. The van der Waals surface area contributed by atoms with Gasteiger partial charge >= 0.3 is 0 Å². The summed E-state index contributed by atoms with van der Waals surface area (Å²) in [6.45, 7) is 6.46. The van der Waals surface area contributed by atoms with E-state index in [1.54, 1.807) is 0 Å². The van der Waals surface area contributed by atoms with E-state index in [2.05, 4.69) is 26.1 Å². The summed E-state index contributed by atoms with van der Waals surface area (Å²) in [7, 11) is 0. The molecule has 1 heterocycles. The highest BCUT2D eigenvalue weighted by Gasteiger charge is 2.43. The third kappa shape index (κ3) is 2.83. The van der Waals surface area contributed by atoms with Crippen LogP contribution in [0.5, 0.6) is 0 Å². The average molecular weight is 225 g/mol. The average Bonchev–Trinajstić information content (AvgIpc) is 2.56. The maximum atomic E-state index is 11.7. The summed E-state index contributed by atoms with van der Waals surface area (Å²) in [5, 5.41) is 2.43. The summed E-state index contributed by atoms with van der Waals surface area (Å²) in [6.07, 6.45) is 5.80. The minimum absolute atomic E-state index is 0.000995. The van der Waals surface area contributed by atoms with Crippen molar-refractivity contribution in [3.05, 3.63) is 0 Å². The largest absolute Gasteiger partial charge is 0.296 e. The summed E-state index contributed by atoms with van der Waals surface area (Å²) in [6, 6.07) is 0. The van der Waals surface area contributed by atoms with Crippen molar-refractivity contribution >= 4 is 11.8 Å². The van der Waals surface area contributed by atoms with Crippen LogP contribution in [-0.4, -0.2) is 11.8 Å². The Kier molecular flexibility index (Phi) is 4.51.